The Morgan fingerprint density at radius 1 is 1.24 bits per heavy atom. The molecule has 3 unspecified atom stereocenters. The number of aliphatic carboxylic acids is 1. The number of rotatable bonds is 3. The highest BCUT2D eigenvalue weighted by Crippen LogP contribution is 2.59. The van der Waals surface area contributed by atoms with Crippen molar-refractivity contribution < 1.29 is 19.4 Å². The molecule has 2 aliphatic heterocycles. The minimum atomic E-state index is -1.04. The number of ether oxygens (including phenoxy) is 1. The fourth-order valence-corrected chi connectivity index (χ4v) is 6.05. The number of allylic oxidation sites excluding steroid dienone is 9. The largest absolute Gasteiger partial charge is 0.494 e. The molecule has 2 saturated heterocycles. The molecule has 2 heterocycles. The highest BCUT2D eigenvalue weighted by molar-refractivity contribution is 6.31. The zero-order chi connectivity index (χ0) is 20.2. The minimum Gasteiger partial charge on any atom is -0.494 e. The van der Waals surface area contributed by atoms with Gasteiger partial charge in [0.15, 0.2) is 5.78 Å². The number of halogens is 1. The first kappa shape index (κ1) is 18.9. The van der Waals surface area contributed by atoms with Crippen LogP contribution in [0.5, 0.6) is 0 Å². The molecule has 0 spiro atoms. The van der Waals surface area contributed by atoms with E-state index in [1.54, 1.807) is 18.2 Å². The molecule has 3 atom stereocenters. The molecular formula is C23H24ClNO4. The fourth-order valence-electron chi connectivity index (χ4n) is 5.91. The second-order valence-electron chi connectivity index (χ2n) is 8.73. The average Bonchev–Trinajstić information content (AvgIpc) is 3.31. The van der Waals surface area contributed by atoms with Crippen molar-refractivity contribution in [2.24, 2.45) is 16.7 Å². The van der Waals surface area contributed by atoms with E-state index in [1.807, 2.05) is 18.2 Å². The van der Waals surface area contributed by atoms with Gasteiger partial charge < -0.3 is 15.2 Å². The molecule has 5 rings (SSSR count). The lowest BCUT2D eigenvalue weighted by Crippen LogP contribution is -2.57. The van der Waals surface area contributed by atoms with Crippen molar-refractivity contribution in [1.29, 1.82) is 0 Å². The number of carbonyl (C=O) groups is 2. The first-order chi connectivity index (χ1) is 13.9. The Morgan fingerprint density at radius 3 is 2.72 bits per heavy atom. The number of hydrogen-bond donors (Lipinski definition) is 2. The third kappa shape index (κ3) is 2.71. The minimum absolute atomic E-state index is 0.0901. The van der Waals surface area contributed by atoms with Crippen LogP contribution in [0.1, 0.15) is 32.1 Å². The normalized spacial score (nSPS) is 35.0. The predicted molar refractivity (Wildman–Crippen MR) is 109 cm³/mol. The second kappa shape index (κ2) is 6.71. The van der Waals surface area contributed by atoms with Crippen molar-refractivity contribution >= 4 is 23.4 Å². The number of carbonyl (C=O) groups excluding carboxylic acids is 1. The fraction of sp³-hybridized carbons (Fsp3) is 0.478. The molecule has 29 heavy (non-hydrogen) atoms. The van der Waals surface area contributed by atoms with Gasteiger partial charge in [-0.3, -0.25) is 9.59 Å². The summed E-state index contributed by atoms with van der Waals surface area (Å²) < 4.78 is 6.51. The summed E-state index contributed by atoms with van der Waals surface area (Å²) >= 11 is 6.15. The highest BCUT2D eigenvalue weighted by Gasteiger charge is 2.62. The zero-order valence-corrected chi connectivity index (χ0v) is 16.9. The summed E-state index contributed by atoms with van der Waals surface area (Å²) in [5.41, 5.74) is 0.235. The van der Waals surface area contributed by atoms with E-state index in [2.05, 4.69) is 5.32 Å². The molecule has 0 radical (unpaired) electrons. The molecule has 2 N–H and O–H groups in total. The topological polar surface area (TPSA) is 75.6 Å². The molecule has 0 amide bonds. The van der Waals surface area contributed by atoms with Crippen LogP contribution in [0.15, 0.2) is 58.4 Å². The van der Waals surface area contributed by atoms with E-state index in [-0.39, 0.29) is 17.8 Å². The van der Waals surface area contributed by atoms with Crippen LogP contribution in [0.25, 0.3) is 0 Å². The molecule has 0 aromatic carbocycles. The van der Waals surface area contributed by atoms with Gasteiger partial charge in [-0.1, -0.05) is 29.8 Å². The monoisotopic (exact) mass is 413 g/mol. The van der Waals surface area contributed by atoms with Gasteiger partial charge >= 0.3 is 5.97 Å². The molecule has 0 saturated carbocycles. The smallest absolute Gasteiger partial charge is 0.314 e. The molecule has 0 aromatic rings. The summed E-state index contributed by atoms with van der Waals surface area (Å²) in [7, 11) is 0. The van der Waals surface area contributed by atoms with Gasteiger partial charge in [0.25, 0.3) is 0 Å². The second-order valence-corrected chi connectivity index (χ2v) is 9.17. The summed E-state index contributed by atoms with van der Waals surface area (Å²) in [5.74, 6) is 0.321. The predicted octanol–water partition coefficient (Wildman–Crippen LogP) is 3.64. The van der Waals surface area contributed by atoms with Crippen LogP contribution >= 0.6 is 11.6 Å². The molecule has 0 bridgehead atoms. The maximum Gasteiger partial charge on any atom is 0.314 e. The van der Waals surface area contributed by atoms with Crippen LogP contribution in [0.2, 0.25) is 0 Å². The molecule has 0 aromatic heterocycles. The number of ketones is 1. The number of carboxylic acid groups (broad SMARTS) is 1. The van der Waals surface area contributed by atoms with E-state index in [1.165, 1.54) is 0 Å². The van der Waals surface area contributed by atoms with E-state index in [0.29, 0.717) is 17.9 Å². The maximum absolute atomic E-state index is 12.7. The Bertz CT molecular complexity index is 935. The lowest BCUT2D eigenvalue weighted by Gasteiger charge is -2.52. The Hall–Kier alpha value is -2.11. The van der Waals surface area contributed by atoms with Gasteiger partial charge in [-0.05, 0) is 69.0 Å². The molecule has 3 aliphatic carbocycles. The number of nitrogens with one attached hydrogen (secondary N) is 1. The molecule has 5 aliphatic rings. The van der Waals surface area contributed by atoms with Gasteiger partial charge in [-0.25, -0.2) is 0 Å². The van der Waals surface area contributed by atoms with E-state index < -0.39 is 16.8 Å². The summed E-state index contributed by atoms with van der Waals surface area (Å²) in [6.07, 6.45) is 13.9. The van der Waals surface area contributed by atoms with Gasteiger partial charge in [0.05, 0.1) is 5.41 Å². The Balaban J connectivity index is 1.52. The highest BCUT2D eigenvalue weighted by atomic mass is 35.5. The van der Waals surface area contributed by atoms with Crippen LogP contribution in [0, 0.1) is 16.7 Å². The molecule has 152 valence electrons. The van der Waals surface area contributed by atoms with Gasteiger partial charge in [0.1, 0.15) is 11.9 Å². The van der Waals surface area contributed by atoms with E-state index in [9.17, 15) is 14.7 Å². The lowest BCUT2D eigenvalue weighted by molar-refractivity contribution is -0.164. The molecule has 6 heteroatoms. The van der Waals surface area contributed by atoms with Crippen molar-refractivity contribution in [3.8, 4) is 0 Å². The van der Waals surface area contributed by atoms with Gasteiger partial charge in [0.2, 0.25) is 0 Å². The number of piperidine rings is 1. The van der Waals surface area contributed by atoms with Crippen molar-refractivity contribution in [2.75, 3.05) is 13.1 Å². The van der Waals surface area contributed by atoms with Crippen molar-refractivity contribution in [3.63, 3.8) is 0 Å². The molecule has 5 nitrogen and oxygen atoms in total. The number of carboxylic acids is 1. The standard InChI is InChI=1S/C23H24ClNO4/c24-16-3-5-23(6-4-16,21(27)28)22(7-9-25-10-8-22)20-13-15-11-17-14(1-2-18(17)26)12-19(15)29-20/h1-5,12,15,20,25H,6-11,13H2,(H,27,28). The van der Waals surface area contributed by atoms with Crippen molar-refractivity contribution in [3.05, 3.63) is 58.4 Å². The summed E-state index contributed by atoms with van der Waals surface area (Å²) in [6, 6.07) is 0. The third-order valence-electron chi connectivity index (χ3n) is 7.52. The van der Waals surface area contributed by atoms with Crippen LogP contribution < -0.4 is 5.32 Å². The lowest BCUT2D eigenvalue weighted by atomic mass is 9.53. The Labute approximate surface area is 174 Å². The zero-order valence-electron chi connectivity index (χ0n) is 16.1. The van der Waals surface area contributed by atoms with E-state index in [4.69, 9.17) is 16.3 Å². The first-order valence-corrected chi connectivity index (χ1v) is 10.7. The Kier molecular flexibility index (Phi) is 4.37. The average molecular weight is 414 g/mol. The van der Waals surface area contributed by atoms with E-state index >= 15 is 0 Å². The number of hydrogen-bond acceptors (Lipinski definition) is 4. The summed E-state index contributed by atoms with van der Waals surface area (Å²) in [5, 5.41) is 14.4. The summed E-state index contributed by atoms with van der Waals surface area (Å²) in [6.45, 7) is 1.53. The summed E-state index contributed by atoms with van der Waals surface area (Å²) in [4.78, 5) is 24.8. The quantitative estimate of drug-likeness (QED) is 0.738. The van der Waals surface area contributed by atoms with Crippen molar-refractivity contribution in [2.45, 2.75) is 38.2 Å². The van der Waals surface area contributed by atoms with Crippen LogP contribution in [0.3, 0.4) is 0 Å². The molecular weight excluding hydrogens is 390 g/mol. The molecule has 2 fully saturated rings. The first-order valence-electron chi connectivity index (χ1n) is 10.3. The Morgan fingerprint density at radius 2 is 2.03 bits per heavy atom. The van der Waals surface area contributed by atoms with Gasteiger partial charge in [0, 0.05) is 21.9 Å². The van der Waals surface area contributed by atoms with Crippen LogP contribution in [0.4, 0.5) is 0 Å². The van der Waals surface area contributed by atoms with E-state index in [0.717, 1.165) is 49.3 Å². The SMILES string of the molecule is O=C1C=CC2=C1CC1CC(C3(C4(C(=O)O)C=CC(Cl)=CC4)CCNCC3)OC1=C2. The van der Waals surface area contributed by atoms with Gasteiger partial charge in [-0.2, -0.15) is 0 Å². The van der Waals surface area contributed by atoms with Gasteiger partial charge in [-0.15, -0.1) is 0 Å². The van der Waals surface area contributed by atoms with Crippen LogP contribution in [-0.2, 0) is 14.3 Å². The third-order valence-corrected chi connectivity index (χ3v) is 7.80. The van der Waals surface area contributed by atoms with Crippen molar-refractivity contribution in [1.82, 2.24) is 5.32 Å². The number of fused-ring (bicyclic) bond motifs is 1. The van der Waals surface area contributed by atoms with Crippen LogP contribution in [-0.4, -0.2) is 36.1 Å². The maximum atomic E-state index is 12.7.